The molecule has 10 nitrogen and oxygen atoms in total. The Hall–Kier alpha value is -4.38. The van der Waals surface area contributed by atoms with E-state index in [1.807, 2.05) is 49.0 Å². The number of hydrogen-bond donors (Lipinski definition) is 1. The Balaban J connectivity index is 1.14. The monoisotopic (exact) mass is 665 g/mol. The molecule has 8 rings (SSSR count). The van der Waals surface area contributed by atoms with Crippen molar-refractivity contribution in [3.8, 4) is 11.5 Å². The lowest BCUT2D eigenvalue weighted by molar-refractivity contribution is -0.132. The number of benzene rings is 2. The van der Waals surface area contributed by atoms with Crippen molar-refractivity contribution in [3.63, 3.8) is 0 Å². The minimum absolute atomic E-state index is 0.0366. The van der Waals surface area contributed by atoms with Crippen LogP contribution in [0.5, 0.6) is 0 Å². The van der Waals surface area contributed by atoms with Gasteiger partial charge in [0.05, 0.1) is 26.7 Å². The summed E-state index contributed by atoms with van der Waals surface area (Å²) in [5.74, 6) is 1.81. The van der Waals surface area contributed by atoms with E-state index in [0.717, 1.165) is 75.6 Å². The third-order valence-electron chi connectivity index (χ3n) is 9.78. The second-order valence-electron chi connectivity index (χ2n) is 12.4. The molecule has 0 radical (unpaired) electrons. The maximum absolute atomic E-state index is 14.0. The predicted molar refractivity (Wildman–Crippen MR) is 174 cm³/mol. The summed E-state index contributed by atoms with van der Waals surface area (Å²) >= 11 is 3.46. The number of aromatic nitrogens is 5. The van der Waals surface area contributed by atoms with E-state index in [0.29, 0.717) is 23.2 Å². The zero-order chi connectivity index (χ0) is 30.9. The van der Waals surface area contributed by atoms with E-state index in [-0.39, 0.29) is 18.4 Å². The van der Waals surface area contributed by atoms with E-state index in [1.165, 1.54) is 18.4 Å². The highest BCUT2D eigenvalue weighted by Crippen LogP contribution is 2.45. The van der Waals surface area contributed by atoms with Gasteiger partial charge in [0.25, 0.3) is 5.91 Å². The Morgan fingerprint density at radius 1 is 1.00 bits per heavy atom. The quantitative estimate of drug-likeness (QED) is 0.221. The van der Waals surface area contributed by atoms with Crippen molar-refractivity contribution in [3.05, 3.63) is 75.8 Å². The van der Waals surface area contributed by atoms with Crippen LogP contribution >= 0.6 is 15.9 Å². The first-order valence-electron chi connectivity index (χ1n) is 15.5. The van der Waals surface area contributed by atoms with Crippen molar-refractivity contribution in [2.45, 2.75) is 56.4 Å². The third kappa shape index (κ3) is 4.58. The minimum atomic E-state index is -0.572. The number of esters is 1. The number of fused-ring (bicyclic) bond motifs is 2. The zero-order valence-corrected chi connectivity index (χ0v) is 26.7. The van der Waals surface area contributed by atoms with Gasteiger partial charge in [0.2, 0.25) is 5.90 Å². The smallest absolute Gasteiger partial charge is 0.334 e. The third-order valence-corrected chi connectivity index (χ3v) is 10.2. The van der Waals surface area contributed by atoms with E-state index < -0.39 is 5.54 Å². The SMILES string of the molecule is Cn1c(C2(NC(=O)c3ccc4c(C5CCCC5)c(-c5ncc(Br)cn5)n(C)c4c3)CCC2)nc2ccc(C3=NCC(=O)O3)cc21. The molecular formula is C34H32BrN7O3. The van der Waals surface area contributed by atoms with Crippen LogP contribution in [-0.4, -0.2) is 48.4 Å². The van der Waals surface area contributed by atoms with Crippen molar-refractivity contribution in [1.29, 1.82) is 0 Å². The van der Waals surface area contributed by atoms with Crippen LogP contribution in [0, 0.1) is 0 Å². The summed E-state index contributed by atoms with van der Waals surface area (Å²) in [6, 6.07) is 11.8. The summed E-state index contributed by atoms with van der Waals surface area (Å²) in [6.07, 6.45) is 10.9. The van der Waals surface area contributed by atoms with Crippen LogP contribution in [-0.2, 0) is 29.2 Å². The number of cyclic esters (lactones) is 1. The number of hydrogen-bond acceptors (Lipinski definition) is 7. The summed E-state index contributed by atoms with van der Waals surface area (Å²) in [5, 5.41) is 4.54. The second-order valence-corrected chi connectivity index (χ2v) is 13.4. The Bertz CT molecular complexity index is 2050. The van der Waals surface area contributed by atoms with Crippen LogP contribution in [0.2, 0.25) is 0 Å². The summed E-state index contributed by atoms with van der Waals surface area (Å²) in [5.41, 5.74) is 5.78. The summed E-state index contributed by atoms with van der Waals surface area (Å²) in [6.45, 7) is 0.0366. The standard InChI is InChI=1S/C34H32BrN7O3/c1-41-25-14-20(8-10-23(25)28(19-6-3-4-7-19)29(41)30-36-16-22(35)17-37-30)31(44)40-34(12-5-13-34)33-39-24-11-9-21(15-26(24)42(33)2)32-38-18-27(43)45-32/h8-11,14-17,19H,3-7,12-13,18H2,1-2H3,(H,40,44). The molecule has 5 aromatic rings. The van der Waals surface area contributed by atoms with E-state index in [2.05, 4.69) is 46.8 Å². The molecule has 0 bridgehead atoms. The number of imidazole rings is 1. The molecule has 228 valence electrons. The first-order chi connectivity index (χ1) is 21.8. The van der Waals surface area contributed by atoms with Crippen molar-refractivity contribution in [1.82, 2.24) is 29.4 Å². The number of aliphatic imine (C=N–C) groups is 1. The molecule has 2 aromatic carbocycles. The molecule has 1 aliphatic heterocycles. The van der Waals surface area contributed by atoms with Crippen molar-refractivity contribution in [2.75, 3.05) is 6.54 Å². The molecule has 11 heteroatoms. The molecule has 1 amide bonds. The first kappa shape index (κ1) is 28.1. The maximum atomic E-state index is 14.0. The summed E-state index contributed by atoms with van der Waals surface area (Å²) in [7, 11) is 4.01. The normalized spacial score (nSPS) is 17.9. The molecule has 3 aromatic heterocycles. The number of aryl methyl sites for hydroxylation is 2. The van der Waals surface area contributed by atoms with Crippen LogP contribution in [0.1, 0.15) is 78.2 Å². The largest absolute Gasteiger partial charge is 0.406 e. The van der Waals surface area contributed by atoms with Gasteiger partial charge in [-0.3, -0.25) is 4.79 Å². The minimum Gasteiger partial charge on any atom is -0.406 e. The van der Waals surface area contributed by atoms with Gasteiger partial charge in [-0.25, -0.2) is 24.7 Å². The van der Waals surface area contributed by atoms with Gasteiger partial charge in [0.15, 0.2) is 5.82 Å². The van der Waals surface area contributed by atoms with Crippen molar-refractivity contribution in [2.24, 2.45) is 19.1 Å². The van der Waals surface area contributed by atoms with Gasteiger partial charge >= 0.3 is 5.97 Å². The van der Waals surface area contributed by atoms with Crippen LogP contribution in [0.25, 0.3) is 33.5 Å². The fourth-order valence-corrected chi connectivity index (χ4v) is 7.58. The number of rotatable bonds is 6. The second kappa shape index (κ2) is 10.6. The molecule has 2 aliphatic carbocycles. The topological polar surface area (TPSA) is 116 Å². The molecule has 0 spiro atoms. The number of nitrogens with zero attached hydrogens (tertiary/aromatic N) is 6. The fourth-order valence-electron chi connectivity index (χ4n) is 7.37. The highest BCUT2D eigenvalue weighted by Gasteiger charge is 2.44. The lowest BCUT2D eigenvalue weighted by Gasteiger charge is -2.41. The van der Waals surface area contributed by atoms with Crippen LogP contribution < -0.4 is 5.32 Å². The van der Waals surface area contributed by atoms with Gasteiger partial charge in [0.1, 0.15) is 12.4 Å². The number of halogens is 1. The van der Waals surface area contributed by atoms with Crippen LogP contribution in [0.4, 0.5) is 0 Å². The molecule has 1 N–H and O–H groups in total. The highest BCUT2D eigenvalue weighted by molar-refractivity contribution is 9.10. The molecule has 0 saturated heterocycles. The Labute approximate surface area is 268 Å². The fraction of sp³-hybridized carbons (Fsp3) is 0.353. The number of ether oxygens (including phenoxy) is 1. The van der Waals surface area contributed by atoms with E-state index in [1.54, 1.807) is 12.4 Å². The average molecular weight is 667 g/mol. The predicted octanol–water partition coefficient (Wildman–Crippen LogP) is 6.05. The molecule has 2 fully saturated rings. The number of carbonyl (C=O) groups excluding carboxylic acids is 2. The molecule has 4 heterocycles. The summed E-state index contributed by atoms with van der Waals surface area (Å²) < 4.78 is 10.3. The van der Waals surface area contributed by atoms with Crippen molar-refractivity contribution >= 4 is 55.6 Å². The van der Waals surface area contributed by atoms with Gasteiger partial charge in [-0.1, -0.05) is 18.9 Å². The number of carbonyl (C=O) groups is 2. The highest BCUT2D eigenvalue weighted by atomic mass is 79.9. The molecule has 0 atom stereocenters. The van der Waals surface area contributed by atoms with E-state index in [4.69, 9.17) is 9.72 Å². The van der Waals surface area contributed by atoms with Crippen LogP contribution in [0.15, 0.2) is 58.3 Å². The molecule has 2 saturated carbocycles. The molecule has 3 aliphatic rings. The van der Waals surface area contributed by atoms with E-state index >= 15 is 0 Å². The van der Waals surface area contributed by atoms with Gasteiger partial charge in [-0.05, 0) is 89.8 Å². The average Bonchev–Trinajstić information content (AvgIpc) is 3.82. The zero-order valence-electron chi connectivity index (χ0n) is 25.1. The van der Waals surface area contributed by atoms with Gasteiger partial charge < -0.3 is 19.2 Å². The van der Waals surface area contributed by atoms with Gasteiger partial charge in [0, 0.05) is 48.5 Å². The first-order valence-corrected chi connectivity index (χ1v) is 16.3. The number of nitrogens with one attached hydrogen (secondary N) is 1. The summed E-state index contributed by atoms with van der Waals surface area (Å²) in [4.78, 5) is 44.1. The lowest BCUT2D eigenvalue weighted by atomic mass is 9.75. The van der Waals surface area contributed by atoms with Gasteiger partial charge in [-0.15, -0.1) is 0 Å². The molecule has 45 heavy (non-hydrogen) atoms. The van der Waals surface area contributed by atoms with Gasteiger partial charge in [-0.2, -0.15) is 0 Å². The maximum Gasteiger partial charge on any atom is 0.334 e. The Kier molecular flexibility index (Phi) is 6.63. The van der Waals surface area contributed by atoms with Crippen LogP contribution in [0.3, 0.4) is 0 Å². The Morgan fingerprint density at radius 3 is 2.47 bits per heavy atom. The lowest BCUT2D eigenvalue weighted by Crippen LogP contribution is -2.52. The van der Waals surface area contributed by atoms with Crippen molar-refractivity contribution < 1.29 is 14.3 Å². The Morgan fingerprint density at radius 2 is 1.78 bits per heavy atom. The van der Waals surface area contributed by atoms with E-state index in [9.17, 15) is 9.59 Å². The molecule has 0 unspecified atom stereocenters. The molecular weight excluding hydrogens is 634 g/mol. The number of amides is 1.